The molecule has 4 heteroatoms. The zero-order valence-electron chi connectivity index (χ0n) is 10.5. The van der Waals surface area contributed by atoms with Gasteiger partial charge in [-0.1, -0.05) is 22.6 Å². The van der Waals surface area contributed by atoms with Crippen LogP contribution in [0.4, 0.5) is 4.39 Å². The fraction of sp³-hybridized carbons (Fsp3) is 0.385. The van der Waals surface area contributed by atoms with Gasteiger partial charge in [0.25, 0.3) is 0 Å². The Morgan fingerprint density at radius 2 is 1.88 bits per heavy atom. The summed E-state index contributed by atoms with van der Waals surface area (Å²) in [5.41, 5.74) is 0.957. The summed E-state index contributed by atoms with van der Waals surface area (Å²) in [6.07, 6.45) is 3.07. The van der Waals surface area contributed by atoms with E-state index in [1.54, 1.807) is 12.1 Å². The van der Waals surface area contributed by atoms with E-state index in [-0.39, 0.29) is 5.82 Å². The van der Waals surface area contributed by atoms with E-state index in [0.717, 1.165) is 22.2 Å². The summed E-state index contributed by atoms with van der Waals surface area (Å²) in [6.45, 7) is 6.44. The molecule has 0 fully saturated rings. The van der Waals surface area contributed by atoms with Crippen molar-refractivity contribution < 1.29 is 8.82 Å². The van der Waals surface area contributed by atoms with Gasteiger partial charge in [-0.15, -0.1) is 0 Å². The minimum Gasteiger partial charge on any atom is -0.544 e. The molecule has 1 aromatic rings. The first-order valence-corrected chi connectivity index (χ1v) is 10.6. The van der Waals surface area contributed by atoms with E-state index in [9.17, 15) is 4.39 Å². The predicted molar refractivity (Wildman–Crippen MR) is 82.3 cm³/mol. The summed E-state index contributed by atoms with van der Waals surface area (Å²) >= 11 is 2.33. The van der Waals surface area contributed by atoms with Gasteiger partial charge in [0, 0.05) is 9.99 Å². The molecule has 0 N–H and O–H groups in total. The van der Waals surface area contributed by atoms with Gasteiger partial charge >= 0.3 is 0 Å². The summed E-state index contributed by atoms with van der Waals surface area (Å²) in [5, 5.41) is 0. The van der Waals surface area contributed by atoms with E-state index < -0.39 is 8.32 Å². The topological polar surface area (TPSA) is 9.23 Å². The lowest BCUT2D eigenvalue weighted by Crippen LogP contribution is -2.24. The molecule has 0 unspecified atom stereocenters. The Kier molecular flexibility index (Phi) is 5.65. The van der Waals surface area contributed by atoms with Gasteiger partial charge in [0.1, 0.15) is 11.6 Å². The first kappa shape index (κ1) is 14.7. The number of hydrogen-bond acceptors (Lipinski definition) is 1. The highest BCUT2D eigenvalue weighted by molar-refractivity contribution is 14.1. The maximum absolute atomic E-state index is 12.9. The molecule has 1 aromatic carbocycles. The number of benzene rings is 1. The van der Waals surface area contributed by atoms with Crippen LogP contribution in [-0.2, 0) is 4.43 Å². The largest absolute Gasteiger partial charge is 0.544 e. The average Bonchev–Trinajstić information content (AvgIpc) is 2.24. The minimum atomic E-state index is -1.63. The lowest BCUT2D eigenvalue weighted by atomic mass is 10.1. The Morgan fingerprint density at radius 3 is 2.35 bits per heavy atom. The van der Waals surface area contributed by atoms with E-state index in [1.165, 1.54) is 12.1 Å². The Balaban J connectivity index is 2.94. The number of halogens is 2. The van der Waals surface area contributed by atoms with E-state index in [1.807, 2.05) is 0 Å². The highest BCUT2D eigenvalue weighted by atomic mass is 127. The second-order valence-electron chi connectivity index (χ2n) is 4.77. The fourth-order valence-corrected chi connectivity index (χ4v) is 2.52. The van der Waals surface area contributed by atoms with E-state index in [4.69, 9.17) is 4.43 Å². The van der Waals surface area contributed by atoms with Crippen LogP contribution in [0.2, 0.25) is 19.6 Å². The van der Waals surface area contributed by atoms with Gasteiger partial charge in [0.2, 0.25) is 8.32 Å². The van der Waals surface area contributed by atoms with Crippen LogP contribution >= 0.6 is 22.6 Å². The van der Waals surface area contributed by atoms with Crippen molar-refractivity contribution >= 4 is 36.7 Å². The molecule has 0 atom stereocenters. The van der Waals surface area contributed by atoms with Crippen LogP contribution in [0, 0.1) is 5.82 Å². The van der Waals surface area contributed by atoms with Crippen molar-refractivity contribution in [2.24, 2.45) is 0 Å². The first-order chi connectivity index (χ1) is 7.92. The van der Waals surface area contributed by atoms with Crippen LogP contribution in [0.15, 0.2) is 30.3 Å². The molecule has 0 aliphatic carbocycles. The molecule has 0 heterocycles. The maximum atomic E-state index is 12.9. The lowest BCUT2D eigenvalue weighted by molar-refractivity contribution is 0.512. The molecule has 0 saturated carbocycles. The van der Waals surface area contributed by atoms with Gasteiger partial charge in [0.15, 0.2) is 0 Å². The summed E-state index contributed by atoms with van der Waals surface area (Å²) in [7, 11) is -1.63. The Labute approximate surface area is 117 Å². The minimum absolute atomic E-state index is 0.213. The SMILES string of the molecule is C[Si](C)(C)O/C(=C\CCI)c1ccc(F)cc1. The van der Waals surface area contributed by atoms with Gasteiger partial charge in [-0.05, 0) is 56.4 Å². The second kappa shape index (κ2) is 6.54. The third kappa shape index (κ3) is 5.67. The van der Waals surface area contributed by atoms with Gasteiger partial charge < -0.3 is 4.43 Å². The molecule has 17 heavy (non-hydrogen) atoms. The van der Waals surface area contributed by atoms with Crippen molar-refractivity contribution in [3.05, 3.63) is 41.7 Å². The molecule has 0 bridgehead atoms. The molecule has 0 saturated heterocycles. The Bertz CT molecular complexity index is 381. The standard InChI is InChI=1S/C13H18FIOSi/c1-17(2,3)16-13(5-4-10-15)11-6-8-12(14)9-7-11/h5-9H,4,10H2,1-3H3/b13-5-. The highest BCUT2D eigenvalue weighted by Gasteiger charge is 2.18. The van der Waals surface area contributed by atoms with Gasteiger partial charge in [-0.3, -0.25) is 0 Å². The van der Waals surface area contributed by atoms with Crippen molar-refractivity contribution in [2.45, 2.75) is 26.1 Å². The molecule has 1 rings (SSSR count). The van der Waals surface area contributed by atoms with Crippen molar-refractivity contribution in [1.82, 2.24) is 0 Å². The number of alkyl halides is 1. The third-order valence-electron chi connectivity index (χ3n) is 1.98. The molecule has 0 aliphatic heterocycles. The average molecular weight is 364 g/mol. The Hall–Kier alpha value is -0.363. The lowest BCUT2D eigenvalue weighted by Gasteiger charge is -2.22. The zero-order valence-corrected chi connectivity index (χ0v) is 13.6. The predicted octanol–water partition coefficient (Wildman–Crippen LogP) is 4.84. The highest BCUT2D eigenvalue weighted by Crippen LogP contribution is 2.22. The van der Waals surface area contributed by atoms with Crippen molar-refractivity contribution in [1.29, 1.82) is 0 Å². The van der Waals surface area contributed by atoms with E-state index in [2.05, 4.69) is 48.3 Å². The number of hydrogen-bond donors (Lipinski definition) is 0. The molecular weight excluding hydrogens is 346 g/mol. The molecular formula is C13H18FIOSi. The van der Waals surface area contributed by atoms with Crippen LogP contribution in [0.5, 0.6) is 0 Å². The van der Waals surface area contributed by atoms with Crippen LogP contribution in [0.25, 0.3) is 5.76 Å². The van der Waals surface area contributed by atoms with Crippen LogP contribution in [0.3, 0.4) is 0 Å². The number of rotatable bonds is 5. The summed E-state index contributed by atoms with van der Waals surface area (Å²) in [5.74, 6) is 0.677. The van der Waals surface area contributed by atoms with E-state index >= 15 is 0 Å². The van der Waals surface area contributed by atoms with Crippen molar-refractivity contribution in [3.8, 4) is 0 Å². The van der Waals surface area contributed by atoms with Crippen molar-refractivity contribution in [3.63, 3.8) is 0 Å². The Morgan fingerprint density at radius 1 is 1.29 bits per heavy atom. The summed E-state index contributed by atoms with van der Waals surface area (Å²) in [6, 6.07) is 6.49. The van der Waals surface area contributed by atoms with Gasteiger partial charge in [0.05, 0.1) is 0 Å². The molecule has 0 aliphatic rings. The third-order valence-corrected chi connectivity index (χ3v) is 3.44. The molecule has 0 amide bonds. The zero-order chi connectivity index (χ0) is 12.9. The van der Waals surface area contributed by atoms with E-state index in [0.29, 0.717) is 0 Å². The summed E-state index contributed by atoms with van der Waals surface area (Å²) in [4.78, 5) is 0. The normalized spacial score (nSPS) is 12.6. The quantitative estimate of drug-likeness (QED) is 0.314. The first-order valence-electron chi connectivity index (χ1n) is 5.63. The number of allylic oxidation sites excluding steroid dienone is 1. The van der Waals surface area contributed by atoms with Crippen LogP contribution < -0.4 is 0 Å². The fourth-order valence-electron chi connectivity index (χ4n) is 1.35. The molecule has 0 aromatic heterocycles. The smallest absolute Gasteiger partial charge is 0.242 e. The maximum Gasteiger partial charge on any atom is 0.242 e. The second-order valence-corrected chi connectivity index (χ2v) is 10.3. The molecule has 1 nitrogen and oxygen atoms in total. The monoisotopic (exact) mass is 364 g/mol. The molecule has 0 radical (unpaired) electrons. The van der Waals surface area contributed by atoms with Crippen molar-refractivity contribution in [2.75, 3.05) is 4.43 Å². The van der Waals surface area contributed by atoms with Crippen LogP contribution in [0.1, 0.15) is 12.0 Å². The van der Waals surface area contributed by atoms with Gasteiger partial charge in [-0.25, -0.2) is 4.39 Å². The molecule has 94 valence electrons. The molecule has 0 spiro atoms. The summed E-state index contributed by atoms with van der Waals surface area (Å²) < 4.78 is 20.0. The van der Waals surface area contributed by atoms with Crippen LogP contribution in [-0.4, -0.2) is 12.7 Å². The van der Waals surface area contributed by atoms with Gasteiger partial charge in [-0.2, -0.15) is 0 Å².